The fourth-order valence-electron chi connectivity index (χ4n) is 3.26. The topological polar surface area (TPSA) is 23.6 Å². The van der Waals surface area contributed by atoms with E-state index >= 15 is 0 Å². The number of aryl methyl sites for hydroxylation is 1. The Kier molecular flexibility index (Phi) is 3.33. The van der Waals surface area contributed by atoms with Crippen molar-refractivity contribution in [3.05, 3.63) is 35.4 Å². The van der Waals surface area contributed by atoms with Gasteiger partial charge in [-0.2, -0.15) is 0 Å². The molecule has 0 radical (unpaired) electrons. The molecule has 0 spiro atoms. The lowest BCUT2D eigenvalue weighted by Crippen LogP contribution is -2.47. The van der Waals surface area contributed by atoms with Crippen molar-refractivity contribution < 1.29 is 4.79 Å². The maximum atomic E-state index is 10.7. The van der Waals surface area contributed by atoms with Crippen molar-refractivity contribution in [2.24, 2.45) is 0 Å². The van der Waals surface area contributed by atoms with Gasteiger partial charge in [-0.05, 0) is 30.4 Å². The highest BCUT2D eigenvalue weighted by atomic mass is 16.1. The number of amides is 1. The minimum atomic E-state index is 0.573. The van der Waals surface area contributed by atoms with Gasteiger partial charge in [-0.3, -0.25) is 9.69 Å². The summed E-state index contributed by atoms with van der Waals surface area (Å²) in [7, 11) is 0. The Balaban J connectivity index is 1.76. The van der Waals surface area contributed by atoms with E-state index in [1.54, 1.807) is 0 Å². The Bertz CT molecular complexity index is 424. The highest BCUT2D eigenvalue weighted by Gasteiger charge is 2.27. The number of fused-ring (bicyclic) bond motifs is 1. The van der Waals surface area contributed by atoms with Crippen molar-refractivity contribution in [1.29, 1.82) is 0 Å². The van der Waals surface area contributed by atoms with Crippen LogP contribution in [0.1, 0.15) is 30.0 Å². The zero-order valence-electron chi connectivity index (χ0n) is 10.7. The summed E-state index contributed by atoms with van der Waals surface area (Å²) in [5, 5.41) is 0. The van der Waals surface area contributed by atoms with Gasteiger partial charge in [0.1, 0.15) is 0 Å². The first-order chi connectivity index (χ1) is 8.88. The number of rotatable bonds is 2. The van der Waals surface area contributed by atoms with Gasteiger partial charge in [0.25, 0.3) is 0 Å². The van der Waals surface area contributed by atoms with E-state index in [9.17, 15) is 4.79 Å². The van der Waals surface area contributed by atoms with E-state index in [0.29, 0.717) is 6.04 Å². The lowest BCUT2D eigenvalue weighted by molar-refractivity contribution is -0.120. The van der Waals surface area contributed by atoms with E-state index in [1.807, 2.05) is 4.90 Å². The van der Waals surface area contributed by atoms with Gasteiger partial charge in [-0.1, -0.05) is 24.3 Å². The maximum absolute atomic E-state index is 10.7. The standard InChI is InChI=1S/C15H20N2O/c18-12-16-8-10-17(11-9-16)15-7-3-5-13-4-1-2-6-14(13)15/h1-2,4,6,12,15H,3,5,7-11H2. The van der Waals surface area contributed by atoms with Crippen molar-refractivity contribution in [3.8, 4) is 0 Å². The summed E-state index contributed by atoms with van der Waals surface area (Å²) in [5.41, 5.74) is 3.04. The van der Waals surface area contributed by atoms with Gasteiger partial charge in [-0.25, -0.2) is 0 Å². The van der Waals surface area contributed by atoms with Gasteiger partial charge in [0, 0.05) is 32.2 Å². The minimum Gasteiger partial charge on any atom is -0.343 e. The lowest BCUT2D eigenvalue weighted by Gasteiger charge is -2.40. The molecule has 3 nitrogen and oxygen atoms in total. The Morgan fingerprint density at radius 1 is 1.11 bits per heavy atom. The maximum Gasteiger partial charge on any atom is 0.209 e. The molecule has 1 aromatic carbocycles. The number of carbonyl (C=O) groups excluding carboxylic acids is 1. The van der Waals surface area contributed by atoms with E-state index in [4.69, 9.17) is 0 Å². The van der Waals surface area contributed by atoms with Crippen LogP contribution in [0.3, 0.4) is 0 Å². The molecule has 1 saturated heterocycles. The first-order valence-corrected chi connectivity index (χ1v) is 6.89. The Labute approximate surface area is 108 Å². The van der Waals surface area contributed by atoms with Crippen LogP contribution in [0, 0.1) is 0 Å². The van der Waals surface area contributed by atoms with Crippen molar-refractivity contribution in [2.75, 3.05) is 26.2 Å². The number of benzene rings is 1. The van der Waals surface area contributed by atoms with Crippen LogP contribution in [-0.4, -0.2) is 42.4 Å². The van der Waals surface area contributed by atoms with Gasteiger partial charge >= 0.3 is 0 Å². The molecule has 1 aromatic rings. The third kappa shape index (κ3) is 2.15. The Morgan fingerprint density at radius 3 is 2.67 bits per heavy atom. The van der Waals surface area contributed by atoms with E-state index in [0.717, 1.165) is 32.6 Å². The van der Waals surface area contributed by atoms with E-state index in [-0.39, 0.29) is 0 Å². The molecule has 1 amide bonds. The quantitative estimate of drug-likeness (QED) is 0.741. The fourth-order valence-corrected chi connectivity index (χ4v) is 3.26. The zero-order valence-corrected chi connectivity index (χ0v) is 10.7. The second-order valence-electron chi connectivity index (χ2n) is 5.28. The van der Waals surface area contributed by atoms with Gasteiger partial charge < -0.3 is 4.90 Å². The molecule has 1 unspecified atom stereocenters. The third-order valence-corrected chi connectivity index (χ3v) is 4.28. The van der Waals surface area contributed by atoms with Crippen LogP contribution in [0.25, 0.3) is 0 Å². The third-order valence-electron chi connectivity index (χ3n) is 4.28. The van der Waals surface area contributed by atoms with Crippen LogP contribution in [0.2, 0.25) is 0 Å². The lowest BCUT2D eigenvalue weighted by atomic mass is 9.86. The largest absolute Gasteiger partial charge is 0.343 e. The molecule has 2 aliphatic rings. The molecular weight excluding hydrogens is 224 g/mol. The van der Waals surface area contributed by atoms with Gasteiger partial charge in [0.05, 0.1) is 0 Å². The van der Waals surface area contributed by atoms with E-state index in [2.05, 4.69) is 29.2 Å². The second kappa shape index (κ2) is 5.11. The molecule has 3 heteroatoms. The summed E-state index contributed by atoms with van der Waals surface area (Å²) >= 11 is 0. The molecule has 0 aromatic heterocycles. The summed E-state index contributed by atoms with van der Waals surface area (Å²) in [4.78, 5) is 15.2. The van der Waals surface area contributed by atoms with E-state index < -0.39 is 0 Å². The van der Waals surface area contributed by atoms with Crippen LogP contribution < -0.4 is 0 Å². The highest BCUT2D eigenvalue weighted by Crippen LogP contribution is 2.34. The van der Waals surface area contributed by atoms with Gasteiger partial charge in [0.15, 0.2) is 0 Å². The molecule has 18 heavy (non-hydrogen) atoms. The summed E-state index contributed by atoms with van der Waals surface area (Å²) in [6.45, 7) is 3.78. The molecule has 96 valence electrons. The molecule has 1 heterocycles. The van der Waals surface area contributed by atoms with E-state index in [1.165, 1.54) is 30.4 Å². The van der Waals surface area contributed by atoms with Gasteiger partial charge in [0.2, 0.25) is 6.41 Å². The molecule has 0 saturated carbocycles. The van der Waals surface area contributed by atoms with Crippen LogP contribution in [0.4, 0.5) is 0 Å². The minimum absolute atomic E-state index is 0.573. The first-order valence-electron chi connectivity index (χ1n) is 6.89. The SMILES string of the molecule is O=CN1CCN(C2CCCc3ccccc32)CC1. The molecule has 0 bridgehead atoms. The zero-order chi connectivity index (χ0) is 12.4. The molecule has 1 aliphatic heterocycles. The smallest absolute Gasteiger partial charge is 0.209 e. The summed E-state index contributed by atoms with van der Waals surface area (Å²) < 4.78 is 0. The average molecular weight is 244 g/mol. The molecular formula is C15H20N2O. The molecule has 1 aliphatic carbocycles. The highest BCUT2D eigenvalue weighted by molar-refractivity contribution is 5.47. The number of carbonyl (C=O) groups is 1. The predicted octanol–water partition coefficient (Wildman–Crippen LogP) is 1.84. The van der Waals surface area contributed by atoms with Crippen molar-refractivity contribution in [2.45, 2.75) is 25.3 Å². The number of hydrogen-bond donors (Lipinski definition) is 0. The van der Waals surface area contributed by atoms with Crippen molar-refractivity contribution >= 4 is 6.41 Å². The number of nitrogens with zero attached hydrogens (tertiary/aromatic N) is 2. The summed E-state index contributed by atoms with van der Waals surface area (Å²) in [5.74, 6) is 0. The predicted molar refractivity (Wildman–Crippen MR) is 71.3 cm³/mol. The number of piperazine rings is 1. The van der Waals surface area contributed by atoms with Gasteiger partial charge in [-0.15, -0.1) is 0 Å². The molecule has 0 N–H and O–H groups in total. The summed E-state index contributed by atoms with van der Waals surface area (Å²) in [6, 6.07) is 9.42. The second-order valence-corrected chi connectivity index (χ2v) is 5.28. The van der Waals surface area contributed by atoms with Crippen molar-refractivity contribution in [1.82, 2.24) is 9.80 Å². The van der Waals surface area contributed by atoms with Crippen molar-refractivity contribution in [3.63, 3.8) is 0 Å². The number of hydrogen-bond acceptors (Lipinski definition) is 2. The fraction of sp³-hybridized carbons (Fsp3) is 0.533. The normalized spacial score (nSPS) is 24.7. The van der Waals surface area contributed by atoms with Crippen LogP contribution >= 0.6 is 0 Å². The van der Waals surface area contributed by atoms with Crippen LogP contribution in [0.5, 0.6) is 0 Å². The Hall–Kier alpha value is -1.35. The van der Waals surface area contributed by atoms with Crippen LogP contribution in [0.15, 0.2) is 24.3 Å². The average Bonchev–Trinajstić information content (AvgIpc) is 2.47. The van der Waals surface area contributed by atoms with Crippen LogP contribution in [-0.2, 0) is 11.2 Å². The first kappa shape index (κ1) is 11.7. The molecule has 3 rings (SSSR count). The summed E-state index contributed by atoms with van der Waals surface area (Å²) in [6.07, 6.45) is 4.75. The molecule has 1 atom stereocenters. The Morgan fingerprint density at radius 2 is 1.89 bits per heavy atom. The molecule has 1 fully saturated rings. The monoisotopic (exact) mass is 244 g/mol.